The average Bonchev–Trinajstić information content (AvgIpc) is 2.63. The normalized spacial score (nSPS) is 20.5. The molecule has 1 N–H and O–H groups in total. The van der Waals surface area contributed by atoms with Crippen LogP contribution in [0.1, 0.15) is 18.4 Å². The van der Waals surface area contributed by atoms with Gasteiger partial charge in [0.1, 0.15) is 6.23 Å². The third-order valence-electron chi connectivity index (χ3n) is 2.86. The summed E-state index contributed by atoms with van der Waals surface area (Å²) in [5, 5.41) is 8.59. The highest BCUT2D eigenvalue weighted by Gasteiger charge is 2.27. The zero-order valence-corrected chi connectivity index (χ0v) is 10.00. The Bertz CT molecular complexity index is 377. The van der Waals surface area contributed by atoms with Crippen molar-refractivity contribution in [1.29, 1.82) is 5.41 Å². The number of nitrogens with zero attached hydrogens (tertiary/aromatic N) is 1. The molecule has 2 rings (SSSR count). The number of halogens is 1. The number of hydrogen-bond acceptors (Lipinski definition) is 2. The number of likely N-dealkylation sites (tertiary alicyclic amines) is 1. The fourth-order valence-corrected chi connectivity index (χ4v) is 2.09. The molecule has 0 aromatic heterocycles. The Balaban J connectivity index is 2.08. The topological polar surface area (TPSA) is 36.3 Å². The predicted octanol–water partition coefficient (Wildman–Crippen LogP) is 2.89. The number of hydrogen-bond donors (Lipinski definition) is 1. The minimum Gasteiger partial charge on any atom is -0.362 e. The highest BCUT2D eigenvalue weighted by Crippen LogP contribution is 2.22. The smallest absolute Gasteiger partial charge is 0.131 e. The Morgan fingerprint density at radius 1 is 1.44 bits per heavy atom. The van der Waals surface area contributed by atoms with Gasteiger partial charge in [-0.1, -0.05) is 23.7 Å². The maximum Gasteiger partial charge on any atom is 0.131 e. The molecule has 4 heteroatoms. The van der Waals surface area contributed by atoms with Gasteiger partial charge in [0, 0.05) is 25.1 Å². The first-order valence-corrected chi connectivity index (χ1v) is 5.70. The molecule has 1 saturated heterocycles. The van der Waals surface area contributed by atoms with Gasteiger partial charge in [0.15, 0.2) is 0 Å². The van der Waals surface area contributed by atoms with Crippen molar-refractivity contribution in [3.05, 3.63) is 34.9 Å². The number of amidine groups is 1. The molecule has 16 heavy (non-hydrogen) atoms. The third kappa shape index (κ3) is 2.36. The van der Waals surface area contributed by atoms with Crippen LogP contribution in [0.3, 0.4) is 0 Å². The van der Waals surface area contributed by atoms with Crippen molar-refractivity contribution in [3.8, 4) is 0 Å². The zero-order chi connectivity index (χ0) is 11.5. The lowest BCUT2D eigenvalue weighted by Gasteiger charge is -2.25. The van der Waals surface area contributed by atoms with Gasteiger partial charge in [0.2, 0.25) is 0 Å². The van der Waals surface area contributed by atoms with E-state index in [1.807, 2.05) is 29.2 Å². The Morgan fingerprint density at radius 2 is 2.12 bits per heavy atom. The van der Waals surface area contributed by atoms with Crippen LogP contribution in [-0.2, 0) is 11.3 Å². The van der Waals surface area contributed by atoms with Crippen molar-refractivity contribution < 1.29 is 4.74 Å². The first-order valence-electron chi connectivity index (χ1n) is 5.32. The largest absolute Gasteiger partial charge is 0.362 e. The van der Waals surface area contributed by atoms with E-state index in [9.17, 15) is 0 Å². The molecule has 0 amide bonds. The molecular formula is C12H15ClN2O. The van der Waals surface area contributed by atoms with Crippen molar-refractivity contribution in [1.82, 2.24) is 4.90 Å². The second-order valence-electron chi connectivity index (χ2n) is 3.93. The molecule has 1 aliphatic heterocycles. The number of benzene rings is 1. The molecule has 0 bridgehead atoms. The quantitative estimate of drug-likeness (QED) is 0.879. The summed E-state index contributed by atoms with van der Waals surface area (Å²) in [5.41, 5.74) is 1.15. The third-order valence-corrected chi connectivity index (χ3v) is 3.11. The first-order chi connectivity index (χ1) is 7.70. The molecule has 1 aromatic rings. The standard InChI is InChI=1S/C12H15ClN2O/c1-16-12-7-6-11(14)15(12)8-9-2-4-10(13)5-3-9/h2-5,12,14H,6-8H2,1H3. The lowest BCUT2D eigenvalue weighted by atomic mass is 10.2. The van der Waals surface area contributed by atoms with Crippen LogP contribution in [0.4, 0.5) is 0 Å². The Kier molecular flexibility index (Phi) is 3.46. The maximum absolute atomic E-state index is 7.85. The highest BCUT2D eigenvalue weighted by molar-refractivity contribution is 6.30. The van der Waals surface area contributed by atoms with Gasteiger partial charge in [-0.3, -0.25) is 5.41 Å². The predicted molar refractivity (Wildman–Crippen MR) is 64.8 cm³/mol. The van der Waals surface area contributed by atoms with E-state index >= 15 is 0 Å². The summed E-state index contributed by atoms with van der Waals surface area (Å²) < 4.78 is 5.35. The fourth-order valence-electron chi connectivity index (χ4n) is 1.96. The lowest BCUT2D eigenvalue weighted by molar-refractivity contribution is 0.0152. The van der Waals surface area contributed by atoms with E-state index in [-0.39, 0.29) is 6.23 Å². The van der Waals surface area contributed by atoms with E-state index in [4.69, 9.17) is 21.7 Å². The molecule has 1 fully saturated rings. The Morgan fingerprint density at radius 3 is 2.75 bits per heavy atom. The fraction of sp³-hybridized carbons (Fsp3) is 0.417. The number of methoxy groups -OCH3 is 1. The van der Waals surface area contributed by atoms with Crippen molar-refractivity contribution in [3.63, 3.8) is 0 Å². The molecular weight excluding hydrogens is 224 g/mol. The molecule has 86 valence electrons. The SMILES string of the molecule is COC1CCC(=N)N1Cc1ccc(Cl)cc1. The van der Waals surface area contributed by atoms with Crippen LogP contribution in [0.15, 0.2) is 24.3 Å². The number of nitrogens with one attached hydrogen (secondary N) is 1. The lowest BCUT2D eigenvalue weighted by Crippen LogP contribution is -2.33. The van der Waals surface area contributed by atoms with Crippen LogP contribution in [0.2, 0.25) is 5.02 Å². The number of ether oxygens (including phenoxy) is 1. The zero-order valence-electron chi connectivity index (χ0n) is 9.24. The van der Waals surface area contributed by atoms with Gasteiger partial charge in [-0.05, 0) is 24.1 Å². The summed E-state index contributed by atoms with van der Waals surface area (Å²) in [5.74, 6) is 0.654. The maximum atomic E-state index is 7.85. The molecule has 1 aliphatic rings. The molecule has 1 atom stereocenters. The average molecular weight is 239 g/mol. The van der Waals surface area contributed by atoms with Crippen LogP contribution in [0.25, 0.3) is 0 Å². The van der Waals surface area contributed by atoms with E-state index in [1.165, 1.54) is 0 Å². The molecule has 0 saturated carbocycles. The minimum atomic E-state index is 0.0446. The van der Waals surface area contributed by atoms with E-state index in [0.717, 1.165) is 23.4 Å². The van der Waals surface area contributed by atoms with Crippen LogP contribution in [-0.4, -0.2) is 24.1 Å². The van der Waals surface area contributed by atoms with Gasteiger partial charge in [-0.15, -0.1) is 0 Å². The van der Waals surface area contributed by atoms with E-state index in [1.54, 1.807) is 7.11 Å². The Labute approximate surface area is 100 Å². The van der Waals surface area contributed by atoms with Gasteiger partial charge in [0.25, 0.3) is 0 Å². The van der Waals surface area contributed by atoms with Crippen LogP contribution in [0.5, 0.6) is 0 Å². The number of rotatable bonds is 3. The molecule has 1 aromatic carbocycles. The van der Waals surface area contributed by atoms with Gasteiger partial charge in [-0.2, -0.15) is 0 Å². The van der Waals surface area contributed by atoms with E-state index in [0.29, 0.717) is 12.4 Å². The highest BCUT2D eigenvalue weighted by atomic mass is 35.5. The molecule has 3 nitrogen and oxygen atoms in total. The summed E-state index contributed by atoms with van der Waals surface area (Å²) in [6, 6.07) is 7.72. The van der Waals surface area contributed by atoms with E-state index < -0.39 is 0 Å². The van der Waals surface area contributed by atoms with Gasteiger partial charge >= 0.3 is 0 Å². The molecule has 0 aliphatic carbocycles. The van der Waals surface area contributed by atoms with Crippen LogP contribution in [0, 0.1) is 5.41 Å². The molecule has 1 heterocycles. The van der Waals surface area contributed by atoms with Crippen molar-refractivity contribution >= 4 is 17.4 Å². The first kappa shape index (κ1) is 11.4. The molecule has 0 radical (unpaired) electrons. The summed E-state index contributed by atoms with van der Waals surface area (Å²) in [6.45, 7) is 0.717. The van der Waals surface area contributed by atoms with Crippen molar-refractivity contribution in [2.75, 3.05) is 7.11 Å². The van der Waals surface area contributed by atoms with E-state index in [2.05, 4.69) is 0 Å². The summed E-state index contributed by atoms with van der Waals surface area (Å²) in [4.78, 5) is 1.99. The summed E-state index contributed by atoms with van der Waals surface area (Å²) >= 11 is 5.83. The molecule has 0 spiro atoms. The summed E-state index contributed by atoms with van der Waals surface area (Å²) in [7, 11) is 1.69. The summed E-state index contributed by atoms with van der Waals surface area (Å²) in [6.07, 6.45) is 1.75. The van der Waals surface area contributed by atoms with Crippen molar-refractivity contribution in [2.24, 2.45) is 0 Å². The second kappa shape index (κ2) is 4.85. The van der Waals surface area contributed by atoms with Gasteiger partial charge in [0.05, 0.1) is 5.84 Å². The van der Waals surface area contributed by atoms with Crippen LogP contribution >= 0.6 is 11.6 Å². The monoisotopic (exact) mass is 238 g/mol. The van der Waals surface area contributed by atoms with Crippen LogP contribution < -0.4 is 0 Å². The molecule has 1 unspecified atom stereocenters. The van der Waals surface area contributed by atoms with Gasteiger partial charge in [-0.25, -0.2) is 0 Å². The Hall–Kier alpha value is -1.06. The second-order valence-corrected chi connectivity index (χ2v) is 4.37. The van der Waals surface area contributed by atoms with Crippen molar-refractivity contribution in [2.45, 2.75) is 25.6 Å². The van der Waals surface area contributed by atoms with Gasteiger partial charge < -0.3 is 9.64 Å². The minimum absolute atomic E-state index is 0.0446.